The highest BCUT2D eigenvalue weighted by Gasteiger charge is 2.64. The molecule has 1 aromatic heterocycles. The molecule has 6 heteroatoms. The summed E-state index contributed by atoms with van der Waals surface area (Å²) in [5, 5.41) is 22.3. The summed E-state index contributed by atoms with van der Waals surface area (Å²) in [7, 11) is 0. The van der Waals surface area contributed by atoms with Gasteiger partial charge in [-0.3, -0.25) is 9.89 Å². The van der Waals surface area contributed by atoms with Crippen LogP contribution in [-0.2, 0) is 11.3 Å². The highest BCUT2D eigenvalue weighted by molar-refractivity contribution is 6.30. The number of carbonyl (C=O) groups is 1. The van der Waals surface area contributed by atoms with E-state index in [0.29, 0.717) is 23.9 Å². The zero-order chi connectivity index (χ0) is 20.3. The first kappa shape index (κ1) is 19.1. The number of H-pyrrole nitrogens is 1. The lowest BCUT2D eigenvalue weighted by molar-refractivity contribution is -0.204. The van der Waals surface area contributed by atoms with Gasteiger partial charge in [0.1, 0.15) is 0 Å². The van der Waals surface area contributed by atoms with Crippen molar-refractivity contribution in [1.82, 2.24) is 15.5 Å². The van der Waals surface area contributed by atoms with Gasteiger partial charge in [-0.2, -0.15) is 5.10 Å². The van der Waals surface area contributed by atoms with E-state index in [-0.39, 0.29) is 11.3 Å². The third-order valence-electron chi connectivity index (χ3n) is 7.68. The molecule has 5 nitrogen and oxygen atoms in total. The van der Waals surface area contributed by atoms with E-state index in [1.54, 1.807) is 6.20 Å². The second kappa shape index (κ2) is 6.58. The van der Waals surface area contributed by atoms with E-state index in [1.807, 2.05) is 24.3 Å². The maximum atomic E-state index is 13.4. The van der Waals surface area contributed by atoms with Crippen LogP contribution in [0.25, 0.3) is 11.3 Å². The minimum absolute atomic E-state index is 0.0982. The third-order valence-corrected chi connectivity index (χ3v) is 7.93. The summed E-state index contributed by atoms with van der Waals surface area (Å²) in [6, 6.07) is 7.59. The van der Waals surface area contributed by atoms with E-state index in [4.69, 9.17) is 11.6 Å². The normalized spacial score (nSPS) is 35.1. The van der Waals surface area contributed by atoms with Crippen LogP contribution in [0.15, 0.2) is 30.5 Å². The smallest absolute Gasteiger partial charge is 0.226 e. The standard InChI is InChI=1S/C23H28ClN3O2/c1-2-21-7-15-8-22(12-21,14-23(29,9-15)13-21)20(28)25-10-17-11-26-27-19(17)16-3-5-18(24)6-4-16/h3-6,11,15,29H,2,7-10,12-14H2,1H3,(H,25,28)(H,26,27). The molecule has 0 saturated heterocycles. The van der Waals surface area contributed by atoms with Gasteiger partial charge in [0, 0.05) is 17.1 Å². The predicted molar refractivity (Wildman–Crippen MR) is 112 cm³/mol. The van der Waals surface area contributed by atoms with Crippen LogP contribution in [-0.4, -0.2) is 26.8 Å². The van der Waals surface area contributed by atoms with Gasteiger partial charge in [0.05, 0.1) is 22.9 Å². The Hall–Kier alpha value is -1.85. The monoisotopic (exact) mass is 413 g/mol. The summed E-state index contributed by atoms with van der Waals surface area (Å²) in [6.45, 7) is 2.64. The van der Waals surface area contributed by atoms with E-state index < -0.39 is 11.0 Å². The molecule has 0 aliphatic heterocycles. The van der Waals surface area contributed by atoms with Gasteiger partial charge in [0.15, 0.2) is 0 Å². The number of nitrogens with zero attached hydrogens (tertiary/aromatic N) is 1. The fourth-order valence-electron chi connectivity index (χ4n) is 6.91. The van der Waals surface area contributed by atoms with Gasteiger partial charge in [-0.25, -0.2) is 0 Å². The molecule has 2 aromatic rings. The maximum Gasteiger partial charge on any atom is 0.226 e. The van der Waals surface area contributed by atoms with Crippen LogP contribution in [0.3, 0.4) is 0 Å². The van der Waals surface area contributed by atoms with E-state index in [1.165, 1.54) is 6.42 Å². The average Bonchev–Trinajstić information content (AvgIpc) is 3.13. The lowest BCUT2D eigenvalue weighted by Gasteiger charge is -2.64. The molecule has 4 aliphatic rings. The van der Waals surface area contributed by atoms with Gasteiger partial charge < -0.3 is 10.4 Å². The second-order valence-corrected chi connectivity index (χ2v) is 10.3. The van der Waals surface area contributed by atoms with E-state index >= 15 is 0 Å². The lowest BCUT2D eigenvalue weighted by atomic mass is 9.42. The number of benzene rings is 1. The first-order valence-corrected chi connectivity index (χ1v) is 11.0. The van der Waals surface area contributed by atoms with Crippen molar-refractivity contribution < 1.29 is 9.90 Å². The van der Waals surface area contributed by atoms with E-state index in [0.717, 1.165) is 48.9 Å². The average molecular weight is 414 g/mol. The molecule has 1 amide bonds. The molecule has 6 rings (SSSR count). The Morgan fingerprint density at radius 1 is 1.24 bits per heavy atom. The Morgan fingerprint density at radius 2 is 2.03 bits per heavy atom. The van der Waals surface area contributed by atoms with Crippen molar-refractivity contribution in [1.29, 1.82) is 0 Å². The summed E-state index contributed by atoms with van der Waals surface area (Å²) < 4.78 is 0. The Bertz CT molecular complexity index is 942. The number of aromatic amines is 1. The number of hydrogen-bond donors (Lipinski definition) is 3. The van der Waals surface area contributed by atoms with Crippen LogP contribution in [0.4, 0.5) is 0 Å². The summed E-state index contributed by atoms with van der Waals surface area (Å²) in [6.07, 6.45) is 8.16. The zero-order valence-corrected chi connectivity index (χ0v) is 17.6. The molecule has 1 aromatic carbocycles. The highest BCUT2D eigenvalue weighted by atomic mass is 35.5. The first-order chi connectivity index (χ1) is 13.8. The van der Waals surface area contributed by atoms with Crippen molar-refractivity contribution in [3.8, 4) is 11.3 Å². The Labute approximate surface area is 176 Å². The van der Waals surface area contributed by atoms with E-state index in [2.05, 4.69) is 22.4 Å². The first-order valence-electron chi connectivity index (χ1n) is 10.6. The van der Waals surface area contributed by atoms with Gasteiger partial charge in [-0.15, -0.1) is 0 Å². The van der Waals surface area contributed by atoms with Crippen LogP contribution in [0.5, 0.6) is 0 Å². The summed E-state index contributed by atoms with van der Waals surface area (Å²) in [4.78, 5) is 13.4. The van der Waals surface area contributed by atoms with Crippen molar-refractivity contribution in [3.63, 3.8) is 0 Å². The third kappa shape index (κ3) is 3.19. The number of aromatic nitrogens is 2. The van der Waals surface area contributed by atoms with Crippen molar-refractivity contribution in [3.05, 3.63) is 41.0 Å². The van der Waals surface area contributed by atoms with Crippen LogP contribution in [0.2, 0.25) is 5.02 Å². The van der Waals surface area contributed by atoms with Crippen LogP contribution in [0, 0.1) is 16.7 Å². The van der Waals surface area contributed by atoms with E-state index in [9.17, 15) is 9.90 Å². The lowest BCUT2D eigenvalue weighted by Crippen LogP contribution is -2.63. The molecule has 4 unspecified atom stereocenters. The molecule has 0 radical (unpaired) electrons. The molecule has 3 N–H and O–H groups in total. The Kier molecular flexibility index (Phi) is 4.34. The number of nitrogens with one attached hydrogen (secondary N) is 2. The molecule has 4 aliphatic carbocycles. The molecule has 1 heterocycles. The van der Waals surface area contributed by atoms with Crippen molar-refractivity contribution in [2.24, 2.45) is 16.7 Å². The maximum absolute atomic E-state index is 13.4. The Morgan fingerprint density at radius 3 is 2.76 bits per heavy atom. The SMILES string of the molecule is CCC12CC3CC(O)(C1)CC(C(=O)NCc1cn[nH]c1-c1ccc(Cl)cc1)(C3)C2. The number of halogens is 1. The van der Waals surface area contributed by atoms with Gasteiger partial charge in [-0.05, 0) is 67.6 Å². The topological polar surface area (TPSA) is 78.0 Å². The summed E-state index contributed by atoms with van der Waals surface area (Å²) in [5.41, 5.74) is 1.90. The molecule has 29 heavy (non-hydrogen) atoms. The molecule has 154 valence electrons. The minimum atomic E-state index is -0.656. The van der Waals surface area contributed by atoms with Crippen molar-refractivity contribution in [2.75, 3.05) is 0 Å². The second-order valence-electron chi connectivity index (χ2n) is 9.83. The fraction of sp³-hybridized carbons (Fsp3) is 0.565. The van der Waals surface area contributed by atoms with Crippen LogP contribution >= 0.6 is 11.6 Å². The van der Waals surface area contributed by atoms with Crippen molar-refractivity contribution in [2.45, 2.75) is 64.0 Å². The summed E-state index contributed by atoms with van der Waals surface area (Å²) in [5.74, 6) is 0.571. The number of hydrogen-bond acceptors (Lipinski definition) is 3. The number of amides is 1. The highest BCUT2D eigenvalue weighted by Crippen LogP contribution is 2.67. The van der Waals surface area contributed by atoms with Gasteiger partial charge in [-0.1, -0.05) is 37.1 Å². The molecule has 4 saturated carbocycles. The summed E-state index contributed by atoms with van der Waals surface area (Å²) >= 11 is 6.00. The number of rotatable bonds is 5. The van der Waals surface area contributed by atoms with Crippen molar-refractivity contribution >= 4 is 17.5 Å². The minimum Gasteiger partial charge on any atom is -0.390 e. The molecular formula is C23H28ClN3O2. The predicted octanol–water partition coefficient (Wildman–Crippen LogP) is 4.46. The quantitative estimate of drug-likeness (QED) is 0.677. The van der Waals surface area contributed by atoms with Crippen LogP contribution < -0.4 is 5.32 Å². The molecular weight excluding hydrogens is 386 g/mol. The number of carbonyl (C=O) groups excluding carboxylic acids is 1. The largest absolute Gasteiger partial charge is 0.390 e. The molecule has 0 spiro atoms. The Balaban J connectivity index is 1.35. The number of aliphatic hydroxyl groups is 1. The fourth-order valence-corrected chi connectivity index (χ4v) is 7.03. The van der Waals surface area contributed by atoms with Gasteiger partial charge in [0.2, 0.25) is 5.91 Å². The van der Waals surface area contributed by atoms with Crippen LogP contribution in [0.1, 0.15) is 57.4 Å². The molecule has 4 bridgehead atoms. The molecule has 4 atom stereocenters. The van der Waals surface area contributed by atoms with Gasteiger partial charge >= 0.3 is 0 Å². The zero-order valence-electron chi connectivity index (χ0n) is 16.8. The molecule has 4 fully saturated rings. The van der Waals surface area contributed by atoms with Gasteiger partial charge in [0.25, 0.3) is 0 Å².